The number of aliphatic imine (C=N–C) groups is 1. The van der Waals surface area contributed by atoms with E-state index < -0.39 is 0 Å². The number of guanidine groups is 1. The molecule has 1 aliphatic carbocycles. The summed E-state index contributed by atoms with van der Waals surface area (Å²) in [5.74, 6) is 3.85. The minimum Gasteiger partial charge on any atom is -0.497 e. The van der Waals surface area contributed by atoms with Crippen LogP contribution < -0.4 is 20.1 Å². The lowest BCUT2D eigenvalue weighted by Gasteiger charge is -2.12. The largest absolute Gasteiger partial charge is 0.497 e. The molecule has 0 radical (unpaired) electrons. The summed E-state index contributed by atoms with van der Waals surface area (Å²) in [6, 6.07) is 18.3. The van der Waals surface area contributed by atoms with Crippen LogP contribution in [0.5, 0.6) is 11.5 Å². The van der Waals surface area contributed by atoms with Crippen molar-refractivity contribution in [3.8, 4) is 11.5 Å². The van der Waals surface area contributed by atoms with Crippen LogP contribution in [0, 0.1) is 5.92 Å². The zero-order valence-electron chi connectivity index (χ0n) is 15.4. The van der Waals surface area contributed by atoms with E-state index in [-0.39, 0.29) is 0 Å². The summed E-state index contributed by atoms with van der Waals surface area (Å²) < 4.78 is 10.8. The van der Waals surface area contributed by atoms with Gasteiger partial charge < -0.3 is 20.1 Å². The van der Waals surface area contributed by atoms with E-state index in [0.29, 0.717) is 25.0 Å². The van der Waals surface area contributed by atoms with Crippen molar-refractivity contribution in [2.24, 2.45) is 10.9 Å². The fourth-order valence-electron chi connectivity index (χ4n) is 3.04. The molecule has 2 aromatic carbocycles. The van der Waals surface area contributed by atoms with E-state index in [1.807, 2.05) is 24.3 Å². The Kier molecular flexibility index (Phi) is 6.36. The number of hydrogen-bond donors (Lipinski definition) is 2. The maximum atomic E-state index is 5.71. The molecule has 0 bridgehead atoms. The van der Waals surface area contributed by atoms with Crippen molar-refractivity contribution in [2.45, 2.75) is 12.3 Å². The van der Waals surface area contributed by atoms with Crippen molar-refractivity contribution in [3.05, 3.63) is 60.2 Å². The molecular formula is C21H27N3O2. The molecule has 2 unspecified atom stereocenters. The van der Waals surface area contributed by atoms with Crippen LogP contribution >= 0.6 is 0 Å². The Balaban J connectivity index is 1.32. The average Bonchev–Trinajstić information content (AvgIpc) is 3.48. The molecular weight excluding hydrogens is 326 g/mol. The first kappa shape index (κ1) is 18.1. The summed E-state index contributed by atoms with van der Waals surface area (Å²) in [6.45, 7) is 2.21. The van der Waals surface area contributed by atoms with Crippen LogP contribution in [0.1, 0.15) is 17.9 Å². The van der Waals surface area contributed by atoms with Gasteiger partial charge >= 0.3 is 0 Å². The predicted molar refractivity (Wildman–Crippen MR) is 105 cm³/mol. The maximum absolute atomic E-state index is 5.71. The number of methoxy groups -OCH3 is 1. The second kappa shape index (κ2) is 9.13. The molecule has 5 heteroatoms. The molecule has 2 aromatic rings. The zero-order valence-corrected chi connectivity index (χ0v) is 15.4. The number of hydrogen-bond acceptors (Lipinski definition) is 3. The molecule has 5 nitrogen and oxygen atoms in total. The topological polar surface area (TPSA) is 54.9 Å². The molecule has 0 heterocycles. The van der Waals surface area contributed by atoms with Crippen molar-refractivity contribution in [1.82, 2.24) is 10.6 Å². The molecule has 26 heavy (non-hydrogen) atoms. The van der Waals surface area contributed by atoms with Crippen LogP contribution in [-0.4, -0.2) is 39.8 Å². The van der Waals surface area contributed by atoms with Gasteiger partial charge in [0.15, 0.2) is 5.96 Å². The smallest absolute Gasteiger partial charge is 0.191 e. The summed E-state index contributed by atoms with van der Waals surface area (Å²) in [5.41, 5.74) is 1.44. The van der Waals surface area contributed by atoms with E-state index >= 15 is 0 Å². The normalized spacial score (nSPS) is 18.9. The van der Waals surface area contributed by atoms with Crippen molar-refractivity contribution >= 4 is 5.96 Å². The van der Waals surface area contributed by atoms with E-state index in [2.05, 4.69) is 46.0 Å². The van der Waals surface area contributed by atoms with Crippen LogP contribution in [0.4, 0.5) is 0 Å². The number of benzene rings is 2. The van der Waals surface area contributed by atoms with Gasteiger partial charge in [-0.05, 0) is 48.1 Å². The van der Waals surface area contributed by atoms with Crippen LogP contribution in [0.2, 0.25) is 0 Å². The van der Waals surface area contributed by atoms with Gasteiger partial charge in [0.25, 0.3) is 0 Å². The molecule has 1 fully saturated rings. The molecule has 1 aliphatic rings. The third-order valence-corrected chi connectivity index (χ3v) is 4.63. The Hall–Kier alpha value is -2.69. The van der Waals surface area contributed by atoms with Crippen molar-refractivity contribution in [3.63, 3.8) is 0 Å². The highest BCUT2D eigenvalue weighted by atomic mass is 16.5. The first-order chi connectivity index (χ1) is 12.8. The fourth-order valence-corrected chi connectivity index (χ4v) is 3.04. The van der Waals surface area contributed by atoms with Crippen molar-refractivity contribution < 1.29 is 9.47 Å². The molecule has 0 saturated heterocycles. The van der Waals surface area contributed by atoms with E-state index in [0.717, 1.165) is 24.0 Å². The van der Waals surface area contributed by atoms with Crippen molar-refractivity contribution in [1.29, 1.82) is 0 Å². The SMILES string of the molecule is CN=C(NCCOc1ccc(OC)cc1)NCC1CC1c1ccccc1. The molecule has 0 aromatic heterocycles. The number of nitrogens with one attached hydrogen (secondary N) is 2. The third kappa shape index (κ3) is 5.15. The van der Waals surface area contributed by atoms with E-state index in [1.54, 1.807) is 14.2 Å². The van der Waals surface area contributed by atoms with Gasteiger partial charge in [-0.25, -0.2) is 0 Å². The third-order valence-electron chi connectivity index (χ3n) is 4.63. The molecule has 0 spiro atoms. The van der Waals surface area contributed by atoms with Crippen LogP contribution in [0.3, 0.4) is 0 Å². The molecule has 0 aliphatic heterocycles. The Morgan fingerprint density at radius 1 is 1.04 bits per heavy atom. The maximum Gasteiger partial charge on any atom is 0.191 e. The van der Waals surface area contributed by atoms with Gasteiger partial charge in [0.1, 0.15) is 18.1 Å². The first-order valence-electron chi connectivity index (χ1n) is 9.06. The summed E-state index contributed by atoms with van der Waals surface area (Å²) >= 11 is 0. The van der Waals surface area contributed by atoms with E-state index in [9.17, 15) is 0 Å². The zero-order chi connectivity index (χ0) is 18.2. The summed E-state index contributed by atoms with van der Waals surface area (Å²) in [7, 11) is 3.45. The van der Waals surface area contributed by atoms with Crippen LogP contribution in [-0.2, 0) is 0 Å². The van der Waals surface area contributed by atoms with Crippen molar-refractivity contribution in [2.75, 3.05) is 33.9 Å². The first-order valence-corrected chi connectivity index (χ1v) is 9.06. The Bertz CT molecular complexity index is 701. The van der Waals surface area contributed by atoms with E-state index in [4.69, 9.17) is 9.47 Å². The van der Waals surface area contributed by atoms with E-state index in [1.165, 1.54) is 12.0 Å². The Morgan fingerprint density at radius 3 is 2.46 bits per heavy atom. The Labute approximate surface area is 155 Å². The van der Waals surface area contributed by atoms with Gasteiger partial charge in [0.2, 0.25) is 0 Å². The highest BCUT2D eigenvalue weighted by Crippen LogP contribution is 2.46. The summed E-state index contributed by atoms with van der Waals surface area (Å²) in [6.07, 6.45) is 1.24. The molecule has 2 atom stereocenters. The summed E-state index contributed by atoms with van der Waals surface area (Å²) in [4.78, 5) is 4.28. The standard InChI is InChI=1S/C21H27N3O2/c1-22-21(23-12-13-26-19-10-8-18(25-2)9-11-19)24-15-17-14-20(17)16-6-4-3-5-7-16/h3-11,17,20H,12-15H2,1-2H3,(H2,22,23,24). The molecule has 138 valence electrons. The monoisotopic (exact) mass is 353 g/mol. The second-order valence-corrected chi connectivity index (χ2v) is 6.42. The van der Waals surface area contributed by atoms with Crippen LogP contribution in [0.15, 0.2) is 59.6 Å². The van der Waals surface area contributed by atoms with Gasteiger partial charge in [-0.15, -0.1) is 0 Å². The lowest BCUT2D eigenvalue weighted by Crippen LogP contribution is -2.40. The highest BCUT2D eigenvalue weighted by Gasteiger charge is 2.37. The minimum absolute atomic E-state index is 0.573. The highest BCUT2D eigenvalue weighted by molar-refractivity contribution is 5.79. The fraction of sp³-hybridized carbons (Fsp3) is 0.381. The lowest BCUT2D eigenvalue weighted by molar-refractivity contribution is 0.321. The van der Waals surface area contributed by atoms with Gasteiger partial charge in [0.05, 0.1) is 13.7 Å². The lowest BCUT2D eigenvalue weighted by atomic mass is 10.1. The Morgan fingerprint density at radius 2 is 1.77 bits per heavy atom. The quantitative estimate of drug-likeness (QED) is 0.435. The van der Waals surface area contributed by atoms with Crippen LogP contribution in [0.25, 0.3) is 0 Å². The molecule has 1 saturated carbocycles. The van der Waals surface area contributed by atoms with Gasteiger partial charge in [-0.3, -0.25) is 4.99 Å². The number of rotatable bonds is 8. The van der Waals surface area contributed by atoms with Gasteiger partial charge in [-0.2, -0.15) is 0 Å². The second-order valence-electron chi connectivity index (χ2n) is 6.42. The number of nitrogens with zero attached hydrogens (tertiary/aromatic N) is 1. The number of ether oxygens (including phenoxy) is 2. The predicted octanol–water partition coefficient (Wildman–Crippen LogP) is 3.04. The summed E-state index contributed by atoms with van der Waals surface area (Å²) in [5, 5.41) is 6.70. The minimum atomic E-state index is 0.573. The molecule has 0 amide bonds. The average molecular weight is 353 g/mol. The van der Waals surface area contributed by atoms with Gasteiger partial charge in [0, 0.05) is 13.6 Å². The molecule has 3 rings (SSSR count). The molecule has 2 N–H and O–H groups in total. The van der Waals surface area contributed by atoms with Gasteiger partial charge in [-0.1, -0.05) is 30.3 Å².